The smallest absolute Gasteiger partial charge is 0.327 e. The number of carbonyl (C=O) groups is 2. The molecule has 9 heteroatoms. The van der Waals surface area contributed by atoms with E-state index >= 15 is 0 Å². The molecule has 4 rings (SSSR count). The largest absolute Gasteiger partial charge is 0.362 e. The van der Waals surface area contributed by atoms with E-state index in [1.165, 1.54) is 19.0 Å². The van der Waals surface area contributed by atoms with Gasteiger partial charge in [0.2, 0.25) is 5.95 Å². The molecular formula is C20H25N7O2. The van der Waals surface area contributed by atoms with Gasteiger partial charge in [0.1, 0.15) is 5.82 Å². The molecule has 0 spiro atoms. The fraction of sp³-hybridized carbons (Fsp3) is 0.450. The van der Waals surface area contributed by atoms with Crippen LogP contribution in [0.4, 0.5) is 16.6 Å². The Morgan fingerprint density at radius 2 is 2.10 bits per heavy atom. The molecule has 0 radical (unpaired) electrons. The van der Waals surface area contributed by atoms with Gasteiger partial charge in [0.05, 0.1) is 5.56 Å². The first-order valence-electron chi connectivity index (χ1n) is 9.81. The monoisotopic (exact) mass is 395 g/mol. The Morgan fingerprint density at radius 1 is 1.28 bits per heavy atom. The maximum atomic E-state index is 12.7. The average Bonchev–Trinajstić information content (AvgIpc) is 3.49. The summed E-state index contributed by atoms with van der Waals surface area (Å²) in [5.74, 6) is 1.52. The van der Waals surface area contributed by atoms with Crippen molar-refractivity contribution in [1.82, 2.24) is 25.2 Å². The van der Waals surface area contributed by atoms with Crippen LogP contribution in [0.5, 0.6) is 0 Å². The summed E-state index contributed by atoms with van der Waals surface area (Å²) in [5.41, 5.74) is 1.27. The van der Waals surface area contributed by atoms with Crippen molar-refractivity contribution in [3.63, 3.8) is 0 Å². The third-order valence-corrected chi connectivity index (χ3v) is 5.13. The summed E-state index contributed by atoms with van der Waals surface area (Å²) in [6.45, 7) is 2.41. The highest BCUT2D eigenvalue weighted by Crippen LogP contribution is 2.31. The van der Waals surface area contributed by atoms with Gasteiger partial charge in [-0.05, 0) is 30.9 Å². The van der Waals surface area contributed by atoms with Crippen LogP contribution in [-0.2, 0) is 6.54 Å². The fourth-order valence-corrected chi connectivity index (χ4v) is 3.36. The number of nitrogens with zero attached hydrogens (tertiary/aromatic N) is 6. The summed E-state index contributed by atoms with van der Waals surface area (Å²) in [7, 11) is 3.76. The second-order valence-electron chi connectivity index (χ2n) is 7.66. The van der Waals surface area contributed by atoms with E-state index < -0.39 is 0 Å². The summed E-state index contributed by atoms with van der Waals surface area (Å²) in [6.07, 6.45) is 7.25. The molecule has 0 atom stereocenters. The van der Waals surface area contributed by atoms with Crippen LogP contribution in [0.2, 0.25) is 0 Å². The standard InChI is InChI=1S/C20H25N7O2/c1-25(2)17-16(11-22-18(28)15-4-3-7-21-10-15)12-23-19(24-17)27-9-8-26(20(27)29)13-14-5-6-14/h3-4,7,10,12,14H,5-6,8-9,11,13H2,1-2H3,(H,22,28). The maximum absolute atomic E-state index is 12.7. The van der Waals surface area contributed by atoms with Crippen LogP contribution >= 0.6 is 0 Å². The van der Waals surface area contributed by atoms with Gasteiger partial charge in [0.15, 0.2) is 0 Å². The van der Waals surface area contributed by atoms with Gasteiger partial charge in [-0.1, -0.05) is 0 Å². The molecule has 152 valence electrons. The van der Waals surface area contributed by atoms with Crippen LogP contribution in [0.25, 0.3) is 0 Å². The highest BCUT2D eigenvalue weighted by molar-refractivity contribution is 5.94. The van der Waals surface area contributed by atoms with Crippen LogP contribution in [0.3, 0.4) is 0 Å². The van der Waals surface area contributed by atoms with E-state index in [-0.39, 0.29) is 18.5 Å². The number of aromatic nitrogens is 3. The quantitative estimate of drug-likeness (QED) is 0.764. The number of nitrogens with one attached hydrogen (secondary N) is 1. The minimum absolute atomic E-state index is 0.0285. The topological polar surface area (TPSA) is 94.6 Å². The molecule has 29 heavy (non-hydrogen) atoms. The van der Waals surface area contributed by atoms with E-state index in [2.05, 4.69) is 20.3 Å². The number of pyridine rings is 1. The summed E-state index contributed by atoms with van der Waals surface area (Å²) >= 11 is 0. The third-order valence-electron chi connectivity index (χ3n) is 5.13. The number of rotatable bonds is 7. The van der Waals surface area contributed by atoms with Crippen molar-refractivity contribution in [3.05, 3.63) is 41.9 Å². The van der Waals surface area contributed by atoms with E-state index in [1.807, 2.05) is 23.9 Å². The third kappa shape index (κ3) is 4.28. The molecule has 0 unspecified atom stereocenters. The Bertz CT molecular complexity index is 899. The number of amides is 3. The van der Waals surface area contributed by atoms with Gasteiger partial charge in [-0.3, -0.25) is 14.7 Å². The molecule has 0 bridgehead atoms. The van der Waals surface area contributed by atoms with Gasteiger partial charge >= 0.3 is 6.03 Å². The van der Waals surface area contributed by atoms with Gasteiger partial charge in [0, 0.05) is 64.4 Å². The first-order valence-corrected chi connectivity index (χ1v) is 9.81. The first kappa shape index (κ1) is 19.1. The Morgan fingerprint density at radius 3 is 2.79 bits per heavy atom. The molecule has 1 saturated heterocycles. The lowest BCUT2D eigenvalue weighted by Gasteiger charge is -2.21. The van der Waals surface area contributed by atoms with Crippen LogP contribution in [0.15, 0.2) is 30.7 Å². The number of urea groups is 1. The van der Waals surface area contributed by atoms with E-state index in [0.717, 1.165) is 12.1 Å². The predicted molar refractivity (Wildman–Crippen MR) is 109 cm³/mol. The molecular weight excluding hydrogens is 370 g/mol. The summed E-state index contributed by atoms with van der Waals surface area (Å²) in [6, 6.07) is 3.40. The van der Waals surface area contributed by atoms with Crippen LogP contribution in [-0.4, -0.2) is 65.5 Å². The van der Waals surface area contributed by atoms with Gasteiger partial charge < -0.3 is 15.1 Å². The van der Waals surface area contributed by atoms with Crippen LogP contribution in [0, 0.1) is 5.92 Å². The molecule has 0 aromatic carbocycles. The minimum Gasteiger partial charge on any atom is -0.362 e. The predicted octanol–water partition coefficient (Wildman–Crippen LogP) is 1.52. The van der Waals surface area contributed by atoms with Crippen LogP contribution in [0.1, 0.15) is 28.8 Å². The Balaban J connectivity index is 1.47. The van der Waals surface area contributed by atoms with Gasteiger partial charge in [-0.25, -0.2) is 9.78 Å². The Kier molecular flexibility index (Phi) is 5.28. The number of hydrogen-bond donors (Lipinski definition) is 1. The van der Waals surface area contributed by atoms with E-state index in [1.54, 1.807) is 29.4 Å². The molecule has 2 aromatic rings. The van der Waals surface area contributed by atoms with Crippen molar-refractivity contribution < 1.29 is 9.59 Å². The second kappa shape index (κ2) is 8.02. The van der Waals surface area contributed by atoms with Crippen LogP contribution < -0.4 is 15.1 Å². The zero-order valence-electron chi connectivity index (χ0n) is 16.7. The zero-order chi connectivity index (χ0) is 20.4. The lowest BCUT2D eigenvalue weighted by Crippen LogP contribution is -2.34. The average molecular weight is 395 g/mol. The first-order chi connectivity index (χ1) is 14.0. The van der Waals surface area contributed by atoms with E-state index in [0.29, 0.717) is 36.3 Å². The summed E-state index contributed by atoms with van der Waals surface area (Å²) < 4.78 is 0. The Hall–Kier alpha value is -3.23. The Labute approximate surface area is 169 Å². The lowest BCUT2D eigenvalue weighted by molar-refractivity contribution is 0.0950. The van der Waals surface area contributed by atoms with Crippen molar-refractivity contribution in [1.29, 1.82) is 0 Å². The van der Waals surface area contributed by atoms with E-state index in [4.69, 9.17) is 0 Å². The molecule has 1 aliphatic carbocycles. The molecule has 1 N–H and O–H groups in total. The van der Waals surface area contributed by atoms with Gasteiger partial charge in [-0.2, -0.15) is 4.98 Å². The second-order valence-corrected chi connectivity index (χ2v) is 7.66. The van der Waals surface area contributed by atoms with Crippen molar-refractivity contribution in [2.45, 2.75) is 19.4 Å². The SMILES string of the molecule is CN(C)c1nc(N2CCN(CC3CC3)C2=O)ncc1CNC(=O)c1cccnc1. The van der Waals surface area contributed by atoms with Crippen molar-refractivity contribution in [2.24, 2.45) is 5.92 Å². The highest BCUT2D eigenvalue weighted by atomic mass is 16.2. The van der Waals surface area contributed by atoms with Crippen molar-refractivity contribution in [2.75, 3.05) is 43.5 Å². The number of hydrogen-bond acceptors (Lipinski definition) is 6. The molecule has 2 aromatic heterocycles. The number of carbonyl (C=O) groups excluding carboxylic acids is 2. The summed E-state index contributed by atoms with van der Waals surface area (Å²) in [4.78, 5) is 43.4. The maximum Gasteiger partial charge on any atom is 0.327 e. The molecule has 9 nitrogen and oxygen atoms in total. The lowest BCUT2D eigenvalue weighted by atomic mass is 10.2. The zero-order valence-corrected chi connectivity index (χ0v) is 16.7. The molecule has 1 saturated carbocycles. The minimum atomic E-state index is -0.211. The molecule has 3 amide bonds. The van der Waals surface area contributed by atoms with Gasteiger partial charge in [-0.15, -0.1) is 0 Å². The molecule has 2 fully saturated rings. The molecule has 1 aliphatic heterocycles. The van der Waals surface area contributed by atoms with E-state index in [9.17, 15) is 9.59 Å². The number of anilines is 2. The van der Waals surface area contributed by atoms with Crippen molar-refractivity contribution >= 4 is 23.7 Å². The normalized spacial score (nSPS) is 16.3. The highest BCUT2D eigenvalue weighted by Gasteiger charge is 2.35. The fourth-order valence-electron chi connectivity index (χ4n) is 3.36. The van der Waals surface area contributed by atoms with Crippen molar-refractivity contribution in [3.8, 4) is 0 Å². The summed E-state index contributed by atoms with van der Waals surface area (Å²) in [5, 5.41) is 2.87. The van der Waals surface area contributed by atoms with Gasteiger partial charge in [0.25, 0.3) is 5.91 Å². The molecule has 3 heterocycles. The molecule has 2 aliphatic rings.